The standard InChI is InChI=1S/C11H24N2O/c1-6-8(7-2)13-10(14)9(12)11(3,4)5/h8-9H,6-7,12H2,1-5H3,(H,13,14)/t9-/m1/s1. The maximum absolute atomic E-state index is 11.7. The molecule has 0 aliphatic heterocycles. The summed E-state index contributed by atoms with van der Waals surface area (Å²) in [7, 11) is 0. The van der Waals surface area contributed by atoms with Crippen LogP contribution in [0.3, 0.4) is 0 Å². The Kier molecular flexibility index (Phi) is 5.13. The molecule has 3 nitrogen and oxygen atoms in total. The first-order valence-electron chi connectivity index (χ1n) is 5.38. The predicted molar refractivity (Wildman–Crippen MR) is 59.9 cm³/mol. The van der Waals surface area contributed by atoms with E-state index in [9.17, 15) is 4.79 Å². The molecular weight excluding hydrogens is 176 g/mol. The van der Waals surface area contributed by atoms with Crippen LogP contribution in [0, 0.1) is 5.41 Å². The molecule has 0 fully saturated rings. The molecule has 0 saturated carbocycles. The minimum absolute atomic E-state index is 0.0359. The Morgan fingerprint density at radius 2 is 1.71 bits per heavy atom. The van der Waals surface area contributed by atoms with E-state index in [0.717, 1.165) is 12.8 Å². The normalized spacial score (nSPS) is 14.2. The molecule has 3 N–H and O–H groups in total. The number of hydrogen-bond acceptors (Lipinski definition) is 2. The van der Waals surface area contributed by atoms with E-state index >= 15 is 0 Å². The average Bonchev–Trinajstić information content (AvgIpc) is 2.11. The Morgan fingerprint density at radius 1 is 1.29 bits per heavy atom. The van der Waals surface area contributed by atoms with Gasteiger partial charge < -0.3 is 11.1 Å². The largest absolute Gasteiger partial charge is 0.352 e. The van der Waals surface area contributed by atoms with Gasteiger partial charge in [0.2, 0.25) is 5.91 Å². The highest BCUT2D eigenvalue weighted by molar-refractivity contribution is 5.82. The lowest BCUT2D eigenvalue weighted by Gasteiger charge is -2.27. The van der Waals surface area contributed by atoms with Gasteiger partial charge in [0.15, 0.2) is 0 Å². The van der Waals surface area contributed by atoms with Gasteiger partial charge in [-0.25, -0.2) is 0 Å². The van der Waals surface area contributed by atoms with Crippen molar-refractivity contribution in [3.8, 4) is 0 Å². The van der Waals surface area contributed by atoms with Crippen molar-refractivity contribution in [1.29, 1.82) is 0 Å². The molecule has 0 aromatic carbocycles. The molecule has 84 valence electrons. The van der Waals surface area contributed by atoms with Gasteiger partial charge in [0.05, 0.1) is 6.04 Å². The first-order valence-corrected chi connectivity index (χ1v) is 5.38. The molecule has 0 spiro atoms. The fraction of sp³-hybridized carbons (Fsp3) is 0.909. The summed E-state index contributed by atoms with van der Waals surface area (Å²) in [6.07, 6.45) is 1.91. The number of nitrogens with two attached hydrogens (primary N) is 1. The van der Waals surface area contributed by atoms with Crippen LogP contribution in [0.4, 0.5) is 0 Å². The van der Waals surface area contributed by atoms with E-state index in [1.54, 1.807) is 0 Å². The molecule has 14 heavy (non-hydrogen) atoms. The number of carbonyl (C=O) groups is 1. The molecule has 0 unspecified atom stereocenters. The van der Waals surface area contributed by atoms with Gasteiger partial charge in [0, 0.05) is 6.04 Å². The first-order chi connectivity index (χ1) is 6.32. The summed E-state index contributed by atoms with van der Waals surface area (Å²) < 4.78 is 0. The summed E-state index contributed by atoms with van der Waals surface area (Å²) in [6.45, 7) is 10.1. The van der Waals surface area contributed by atoms with Crippen LogP contribution >= 0.6 is 0 Å². The van der Waals surface area contributed by atoms with Crippen molar-refractivity contribution in [3.63, 3.8) is 0 Å². The summed E-state index contributed by atoms with van der Waals surface area (Å²) in [4.78, 5) is 11.7. The summed E-state index contributed by atoms with van der Waals surface area (Å²) >= 11 is 0. The highest BCUT2D eigenvalue weighted by atomic mass is 16.2. The van der Waals surface area contributed by atoms with Crippen molar-refractivity contribution in [2.45, 2.75) is 59.5 Å². The second-order valence-corrected chi connectivity index (χ2v) is 4.87. The second kappa shape index (κ2) is 5.35. The van der Waals surface area contributed by atoms with Crippen LogP contribution in [0.15, 0.2) is 0 Å². The quantitative estimate of drug-likeness (QED) is 0.725. The van der Waals surface area contributed by atoms with E-state index in [2.05, 4.69) is 19.2 Å². The van der Waals surface area contributed by atoms with Crippen molar-refractivity contribution in [2.75, 3.05) is 0 Å². The fourth-order valence-electron chi connectivity index (χ4n) is 1.18. The molecule has 1 amide bonds. The average molecular weight is 200 g/mol. The third kappa shape index (κ3) is 4.09. The van der Waals surface area contributed by atoms with Crippen molar-refractivity contribution in [3.05, 3.63) is 0 Å². The molecule has 0 aliphatic rings. The Balaban J connectivity index is 4.21. The summed E-state index contributed by atoms with van der Waals surface area (Å²) in [5.74, 6) is -0.0359. The van der Waals surface area contributed by atoms with Crippen LogP contribution in [0.25, 0.3) is 0 Å². The Bertz CT molecular complexity index is 180. The Morgan fingerprint density at radius 3 is 2.00 bits per heavy atom. The summed E-state index contributed by atoms with van der Waals surface area (Å²) in [6, 6.07) is -0.168. The minimum atomic E-state index is -0.428. The van der Waals surface area contributed by atoms with Gasteiger partial charge in [-0.3, -0.25) is 4.79 Å². The van der Waals surface area contributed by atoms with Gasteiger partial charge >= 0.3 is 0 Å². The van der Waals surface area contributed by atoms with E-state index in [0.29, 0.717) is 0 Å². The SMILES string of the molecule is CCC(CC)NC(=O)[C@@H](N)C(C)(C)C. The maximum atomic E-state index is 11.7. The maximum Gasteiger partial charge on any atom is 0.237 e. The Labute approximate surface area is 87.4 Å². The van der Waals surface area contributed by atoms with Crippen molar-refractivity contribution < 1.29 is 4.79 Å². The van der Waals surface area contributed by atoms with Crippen LogP contribution in [-0.4, -0.2) is 18.0 Å². The molecule has 0 heterocycles. The van der Waals surface area contributed by atoms with Crippen LogP contribution < -0.4 is 11.1 Å². The highest BCUT2D eigenvalue weighted by Gasteiger charge is 2.28. The van der Waals surface area contributed by atoms with Gasteiger partial charge in [0.1, 0.15) is 0 Å². The zero-order chi connectivity index (χ0) is 11.4. The number of carbonyl (C=O) groups excluding carboxylic acids is 1. The molecule has 0 rings (SSSR count). The van der Waals surface area contributed by atoms with Gasteiger partial charge in [-0.1, -0.05) is 34.6 Å². The lowest BCUT2D eigenvalue weighted by molar-refractivity contribution is -0.125. The lowest BCUT2D eigenvalue weighted by Crippen LogP contribution is -2.51. The summed E-state index contributed by atoms with van der Waals surface area (Å²) in [5.41, 5.74) is 5.67. The monoisotopic (exact) mass is 200 g/mol. The van der Waals surface area contributed by atoms with E-state index < -0.39 is 6.04 Å². The highest BCUT2D eigenvalue weighted by Crippen LogP contribution is 2.17. The van der Waals surface area contributed by atoms with Crippen LogP contribution in [0.2, 0.25) is 0 Å². The van der Waals surface area contributed by atoms with E-state index in [4.69, 9.17) is 5.73 Å². The molecule has 0 radical (unpaired) electrons. The zero-order valence-electron chi connectivity index (χ0n) is 10.1. The molecule has 0 bridgehead atoms. The minimum Gasteiger partial charge on any atom is -0.352 e. The third-order valence-electron chi connectivity index (χ3n) is 2.55. The summed E-state index contributed by atoms with van der Waals surface area (Å²) in [5, 5.41) is 2.96. The van der Waals surface area contributed by atoms with Crippen molar-refractivity contribution >= 4 is 5.91 Å². The van der Waals surface area contributed by atoms with Gasteiger partial charge in [0.25, 0.3) is 0 Å². The van der Waals surface area contributed by atoms with Crippen molar-refractivity contribution in [1.82, 2.24) is 5.32 Å². The zero-order valence-corrected chi connectivity index (χ0v) is 10.1. The fourth-order valence-corrected chi connectivity index (χ4v) is 1.18. The smallest absolute Gasteiger partial charge is 0.237 e. The Hall–Kier alpha value is -0.570. The molecule has 3 heteroatoms. The number of nitrogens with one attached hydrogen (secondary N) is 1. The van der Waals surface area contributed by atoms with E-state index in [1.165, 1.54) is 0 Å². The molecule has 1 atom stereocenters. The predicted octanol–water partition coefficient (Wildman–Crippen LogP) is 1.66. The topological polar surface area (TPSA) is 55.1 Å². The molecule has 0 aliphatic carbocycles. The van der Waals surface area contributed by atoms with Gasteiger partial charge in [-0.05, 0) is 18.3 Å². The van der Waals surface area contributed by atoms with Crippen LogP contribution in [-0.2, 0) is 4.79 Å². The number of amides is 1. The first kappa shape index (κ1) is 13.4. The van der Waals surface area contributed by atoms with Gasteiger partial charge in [-0.2, -0.15) is 0 Å². The molecule has 0 aromatic heterocycles. The number of rotatable bonds is 4. The number of hydrogen-bond donors (Lipinski definition) is 2. The van der Waals surface area contributed by atoms with E-state index in [1.807, 2.05) is 20.8 Å². The van der Waals surface area contributed by atoms with Crippen LogP contribution in [0.5, 0.6) is 0 Å². The van der Waals surface area contributed by atoms with Crippen LogP contribution in [0.1, 0.15) is 47.5 Å². The molecule has 0 saturated heterocycles. The third-order valence-corrected chi connectivity index (χ3v) is 2.55. The molecular formula is C11H24N2O. The second-order valence-electron chi connectivity index (χ2n) is 4.87. The lowest BCUT2D eigenvalue weighted by atomic mass is 9.86. The van der Waals surface area contributed by atoms with Gasteiger partial charge in [-0.15, -0.1) is 0 Å². The van der Waals surface area contributed by atoms with E-state index in [-0.39, 0.29) is 17.4 Å². The molecule has 0 aromatic rings. The van der Waals surface area contributed by atoms with Crippen molar-refractivity contribution in [2.24, 2.45) is 11.1 Å².